The molecule has 2 heteroatoms. The van der Waals surface area contributed by atoms with Crippen LogP contribution >= 0.6 is 0 Å². The van der Waals surface area contributed by atoms with Gasteiger partial charge in [-0.15, -0.1) is 0 Å². The first-order chi connectivity index (χ1) is 9.00. The monoisotopic (exact) mass is 250 g/mol. The topological polar surface area (TPSA) is 34.1 Å². The Morgan fingerprint density at radius 2 is 1.74 bits per heavy atom. The number of hydrogen-bond donors (Lipinski definition) is 0. The van der Waals surface area contributed by atoms with Crippen LogP contribution in [0.5, 0.6) is 0 Å². The summed E-state index contributed by atoms with van der Waals surface area (Å²) in [5.74, 6) is -0.0758. The number of Topliss-reactive ketones (excluding diaryl/α,β-unsaturated/α-hetero) is 2. The molecule has 2 bridgehead atoms. The van der Waals surface area contributed by atoms with E-state index in [1.54, 1.807) is 18.2 Å². The molecular formula is C17H14O2. The molecule has 0 atom stereocenters. The van der Waals surface area contributed by atoms with E-state index in [1.807, 2.05) is 32.9 Å². The number of carbonyl (C=O) groups is 2. The summed E-state index contributed by atoms with van der Waals surface area (Å²) in [6.07, 6.45) is 5.21. The van der Waals surface area contributed by atoms with Crippen molar-refractivity contribution in [3.8, 4) is 0 Å². The maximum absolute atomic E-state index is 12.6. The number of carbonyl (C=O) groups excluding carboxylic acids is 2. The maximum Gasteiger partial charge on any atom is 0.194 e. The Morgan fingerprint density at radius 3 is 2.32 bits per heavy atom. The van der Waals surface area contributed by atoms with Gasteiger partial charge in [0.05, 0.1) is 0 Å². The minimum atomic E-state index is -0.0525. The van der Waals surface area contributed by atoms with Crippen molar-refractivity contribution in [3.63, 3.8) is 0 Å². The van der Waals surface area contributed by atoms with Crippen LogP contribution in [0.25, 0.3) is 0 Å². The zero-order chi connectivity index (χ0) is 13.7. The third-order valence-electron chi connectivity index (χ3n) is 4.07. The van der Waals surface area contributed by atoms with Gasteiger partial charge in [0.25, 0.3) is 0 Å². The van der Waals surface area contributed by atoms with E-state index in [4.69, 9.17) is 0 Å². The van der Waals surface area contributed by atoms with Gasteiger partial charge in [-0.25, -0.2) is 0 Å². The maximum atomic E-state index is 12.6. The Balaban J connectivity index is 2.11. The molecule has 0 radical (unpaired) electrons. The van der Waals surface area contributed by atoms with Crippen LogP contribution in [0, 0.1) is 20.8 Å². The summed E-state index contributed by atoms with van der Waals surface area (Å²) in [7, 11) is 0. The van der Waals surface area contributed by atoms with Crippen molar-refractivity contribution in [2.24, 2.45) is 0 Å². The molecular weight excluding hydrogens is 236 g/mol. The van der Waals surface area contributed by atoms with Gasteiger partial charge in [-0.3, -0.25) is 9.59 Å². The Hall–Kier alpha value is -2.22. The van der Waals surface area contributed by atoms with Gasteiger partial charge in [-0.05, 0) is 49.6 Å². The minimum absolute atomic E-state index is 0.0233. The largest absolute Gasteiger partial charge is 0.289 e. The summed E-state index contributed by atoms with van der Waals surface area (Å²) in [5.41, 5.74) is 5.70. The fourth-order valence-electron chi connectivity index (χ4n) is 2.57. The molecule has 0 saturated carbocycles. The number of rotatable bonds is 2. The number of allylic oxidation sites excluding steroid dienone is 6. The second-order valence-corrected chi connectivity index (χ2v) is 5.10. The number of hydrogen-bond acceptors (Lipinski definition) is 2. The average molecular weight is 250 g/mol. The van der Waals surface area contributed by atoms with Crippen molar-refractivity contribution in [1.29, 1.82) is 0 Å². The predicted molar refractivity (Wildman–Crippen MR) is 74.2 cm³/mol. The molecule has 0 fully saturated rings. The standard InChI is InChI=1S/C17H14O2/c1-9-4-6-13(11(3)10(9)2)17(19)15-8-12-5-7-14(15)16(12)18/h4-8H,1-3H3. The Bertz CT molecular complexity index is 728. The van der Waals surface area contributed by atoms with Crippen LogP contribution in [0.4, 0.5) is 0 Å². The van der Waals surface area contributed by atoms with Gasteiger partial charge in [-0.2, -0.15) is 0 Å². The zero-order valence-electron chi connectivity index (χ0n) is 11.2. The van der Waals surface area contributed by atoms with Crippen LogP contribution in [0.2, 0.25) is 0 Å². The van der Waals surface area contributed by atoms with E-state index in [1.165, 1.54) is 5.56 Å². The molecule has 94 valence electrons. The van der Waals surface area contributed by atoms with Gasteiger partial charge in [0.1, 0.15) is 0 Å². The predicted octanol–water partition coefficient (Wildman–Crippen LogP) is 3.17. The van der Waals surface area contributed by atoms with Crippen molar-refractivity contribution in [2.75, 3.05) is 0 Å². The SMILES string of the molecule is Cc1ccc(C(=O)C2=C3C=CC(=C2)C3=O)c(C)c1C. The molecule has 1 aromatic rings. The number of fused-ring (bicyclic) bond motifs is 2. The van der Waals surface area contributed by atoms with Gasteiger partial charge < -0.3 is 0 Å². The molecule has 0 amide bonds. The summed E-state index contributed by atoms with van der Waals surface area (Å²) in [4.78, 5) is 24.4. The number of aryl methyl sites for hydroxylation is 1. The van der Waals surface area contributed by atoms with Crippen molar-refractivity contribution < 1.29 is 9.59 Å². The lowest BCUT2D eigenvalue weighted by Crippen LogP contribution is -2.07. The van der Waals surface area contributed by atoms with E-state index in [-0.39, 0.29) is 11.6 Å². The molecule has 0 aromatic heterocycles. The van der Waals surface area contributed by atoms with E-state index < -0.39 is 0 Å². The molecule has 2 aliphatic rings. The quantitative estimate of drug-likeness (QED) is 0.755. The van der Waals surface area contributed by atoms with Crippen LogP contribution in [-0.4, -0.2) is 11.6 Å². The zero-order valence-corrected chi connectivity index (χ0v) is 11.2. The minimum Gasteiger partial charge on any atom is -0.289 e. The second kappa shape index (κ2) is 3.89. The highest BCUT2D eigenvalue weighted by Crippen LogP contribution is 2.33. The van der Waals surface area contributed by atoms with E-state index in [2.05, 4.69) is 0 Å². The molecule has 19 heavy (non-hydrogen) atoms. The van der Waals surface area contributed by atoms with Gasteiger partial charge >= 0.3 is 0 Å². The Kier molecular flexibility index (Phi) is 2.42. The molecule has 2 aliphatic carbocycles. The fraction of sp³-hybridized carbons (Fsp3) is 0.176. The summed E-state index contributed by atoms with van der Waals surface area (Å²) in [6.45, 7) is 6.01. The highest BCUT2D eigenvalue weighted by Gasteiger charge is 2.31. The molecule has 0 saturated heterocycles. The van der Waals surface area contributed by atoms with Crippen LogP contribution < -0.4 is 0 Å². The van der Waals surface area contributed by atoms with Gasteiger partial charge in [-0.1, -0.05) is 18.2 Å². The molecule has 3 rings (SSSR count). The van der Waals surface area contributed by atoms with Crippen molar-refractivity contribution in [3.05, 3.63) is 69.3 Å². The first-order valence-electron chi connectivity index (χ1n) is 6.31. The highest BCUT2D eigenvalue weighted by molar-refractivity contribution is 6.27. The van der Waals surface area contributed by atoms with E-state index >= 15 is 0 Å². The van der Waals surface area contributed by atoms with E-state index in [0.29, 0.717) is 22.3 Å². The van der Waals surface area contributed by atoms with Crippen molar-refractivity contribution >= 4 is 11.6 Å². The van der Waals surface area contributed by atoms with Gasteiger partial charge in [0.15, 0.2) is 11.6 Å². The van der Waals surface area contributed by atoms with E-state index in [0.717, 1.165) is 11.1 Å². The first-order valence-corrected chi connectivity index (χ1v) is 6.31. The molecule has 0 aliphatic heterocycles. The number of benzene rings is 1. The fourth-order valence-corrected chi connectivity index (χ4v) is 2.57. The van der Waals surface area contributed by atoms with Gasteiger partial charge in [0.2, 0.25) is 0 Å². The van der Waals surface area contributed by atoms with Crippen molar-refractivity contribution in [2.45, 2.75) is 20.8 Å². The lowest BCUT2D eigenvalue weighted by molar-refractivity contribution is -0.111. The average Bonchev–Trinajstić information content (AvgIpc) is 2.91. The smallest absolute Gasteiger partial charge is 0.194 e. The molecule has 1 aromatic carbocycles. The lowest BCUT2D eigenvalue weighted by Gasteiger charge is -2.11. The lowest BCUT2D eigenvalue weighted by atomic mass is 9.92. The third kappa shape index (κ3) is 1.56. The summed E-state index contributed by atoms with van der Waals surface area (Å²) < 4.78 is 0. The molecule has 2 nitrogen and oxygen atoms in total. The summed E-state index contributed by atoms with van der Waals surface area (Å²) in [6, 6.07) is 3.81. The van der Waals surface area contributed by atoms with Crippen molar-refractivity contribution in [1.82, 2.24) is 0 Å². The first kappa shape index (κ1) is 11.8. The Labute approximate surface area is 112 Å². The summed E-state index contributed by atoms with van der Waals surface area (Å²) in [5, 5.41) is 0. The molecule has 0 heterocycles. The molecule has 0 unspecified atom stereocenters. The highest BCUT2D eigenvalue weighted by atomic mass is 16.1. The van der Waals surface area contributed by atoms with Crippen LogP contribution in [0.1, 0.15) is 27.0 Å². The van der Waals surface area contributed by atoms with Crippen LogP contribution in [0.15, 0.2) is 47.1 Å². The van der Waals surface area contributed by atoms with E-state index in [9.17, 15) is 9.59 Å². The second-order valence-electron chi connectivity index (χ2n) is 5.10. The number of ketones is 2. The Morgan fingerprint density at radius 1 is 1.00 bits per heavy atom. The normalized spacial score (nSPS) is 16.4. The third-order valence-corrected chi connectivity index (χ3v) is 4.07. The van der Waals surface area contributed by atoms with Crippen LogP contribution in [-0.2, 0) is 4.79 Å². The molecule has 0 spiro atoms. The van der Waals surface area contributed by atoms with Gasteiger partial charge in [0, 0.05) is 22.3 Å². The molecule has 0 N–H and O–H groups in total. The summed E-state index contributed by atoms with van der Waals surface area (Å²) >= 11 is 0. The van der Waals surface area contributed by atoms with Crippen LogP contribution in [0.3, 0.4) is 0 Å².